The fraction of sp³-hybridized carbons (Fsp3) is 0.333. The Morgan fingerprint density at radius 1 is 1.07 bits per heavy atom. The second-order valence-electron chi connectivity index (χ2n) is 6.90. The molecule has 4 rings (SSSR count). The molecule has 1 saturated heterocycles. The van der Waals surface area contributed by atoms with Crippen molar-refractivity contribution in [1.82, 2.24) is 24.2 Å². The Balaban J connectivity index is 1.43. The van der Waals surface area contributed by atoms with Crippen LogP contribution in [0, 0.1) is 0 Å². The molecule has 148 valence electrons. The maximum absolute atomic E-state index is 12.7. The smallest absolute Gasteiger partial charge is 0.323 e. The maximum Gasteiger partial charge on any atom is 0.323 e. The van der Waals surface area contributed by atoms with Crippen molar-refractivity contribution in [2.24, 2.45) is 0 Å². The van der Waals surface area contributed by atoms with E-state index in [2.05, 4.69) is 25.2 Å². The molecule has 0 aliphatic carbocycles. The number of likely N-dealkylation sites (N-methyl/N-ethyl adjacent to an activating group) is 1. The second-order valence-corrected chi connectivity index (χ2v) is 8.84. The van der Waals surface area contributed by atoms with E-state index >= 15 is 0 Å². The molecule has 3 N–H and O–H groups in total. The van der Waals surface area contributed by atoms with Crippen molar-refractivity contribution < 1.29 is 8.42 Å². The number of hydrogen-bond donors (Lipinski definition) is 3. The maximum atomic E-state index is 12.7. The number of H-pyrrole nitrogens is 2. The van der Waals surface area contributed by atoms with Gasteiger partial charge in [0.15, 0.2) is 0 Å². The summed E-state index contributed by atoms with van der Waals surface area (Å²) in [4.78, 5) is 23.3. The molecule has 1 aliphatic rings. The average Bonchev–Trinajstić information content (AvgIpc) is 3.06. The van der Waals surface area contributed by atoms with E-state index in [1.165, 1.54) is 10.5 Å². The van der Waals surface area contributed by atoms with Crippen LogP contribution in [0.4, 0.5) is 5.82 Å². The standard InChI is InChI=1S/C18H22N6O3S/c1-23-6-8-24(9-7-23)28(26,27)14-3-5-17(20-12-14)19-11-13-2-4-15-16(10-13)22-18(25)21-15/h2-5,10,12H,6-9,11H2,1H3,(H,19,20)(H2,21,22,25). The van der Waals surface area contributed by atoms with E-state index in [0.29, 0.717) is 25.5 Å². The van der Waals surface area contributed by atoms with Crippen LogP contribution in [0.15, 0.2) is 46.2 Å². The zero-order valence-electron chi connectivity index (χ0n) is 15.5. The normalized spacial score (nSPS) is 16.5. The van der Waals surface area contributed by atoms with Crippen LogP contribution >= 0.6 is 0 Å². The van der Waals surface area contributed by atoms with Gasteiger partial charge in [0.05, 0.1) is 11.0 Å². The van der Waals surface area contributed by atoms with Crippen molar-refractivity contribution >= 4 is 26.9 Å². The summed E-state index contributed by atoms with van der Waals surface area (Å²) in [6, 6.07) is 8.87. The topological polar surface area (TPSA) is 114 Å². The first-order valence-electron chi connectivity index (χ1n) is 9.01. The fourth-order valence-electron chi connectivity index (χ4n) is 3.20. The summed E-state index contributed by atoms with van der Waals surface area (Å²) in [5.74, 6) is 0.583. The monoisotopic (exact) mass is 402 g/mol. The summed E-state index contributed by atoms with van der Waals surface area (Å²) in [7, 11) is -1.53. The van der Waals surface area contributed by atoms with Crippen LogP contribution < -0.4 is 11.0 Å². The van der Waals surface area contributed by atoms with Crippen LogP contribution in [0.25, 0.3) is 11.0 Å². The van der Waals surface area contributed by atoms with Gasteiger partial charge in [0.25, 0.3) is 0 Å². The second kappa shape index (κ2) is 7.38. The lowest BCUT2D eigenvalue weighted by atomic mass is 10.2. The zero-order chi connectivity index (χ0) is 19.7. The molecule has 1 aliphatic heterocycles. The molecule has 0 amide bonds. The quantitative estimate of drug-likeness (QED) is 0.582. The number of anilines is 1. The molecule has 28 heavy (non-hydrogen) atoms. The van der Waals surface area contributed by atoms with E-state index in [4.69, 9.17) is 0 Å². The third-order valence-electron chi connectivity index (χ3n) is 4.89. The van der Waals surface area contributed by atoms with Crippen molar-refractivity contribution in [3.8, 4) is 0 Å². The number of fused-ring (bicyclic) bond motifs is 1. The van der Waals surface area contributed by atoms with Crippen LogP contribution in [-0.4, -0.2) is 65.8 Å². The summed E-state index contributed by atoms with van der Waals surface area (Å²) < 4.78 is 27.0. The highest BCUT2D eigenvalue weighted by Gasteiger charge is 2.27. The van der Waals surface area contributed by atoms with Crippen molar-refractivity contribution in [1.29, 1.82) is 0 Å². The lowest BCUT2D eigenvalue weighted by molar-refractivity contribution is 0.222. The highest BCUT2D eigenvalue weighted by Crippen LogP contribution is 2.18. The van der Waals surface area contributed by atoms with Gasteiger partial charge in [0.1, 0.15) is 10.7 Å². The molecule has 2 aromatic heterocycles. The number of nitrogens with one attached hydrogen (secondary N) is 3. The highest BCUT2D eigenvalue weighted by molar-refractivity contribution is 7.89. The van der Waals surface area contributed by atoms with Gasteiger partial charge in [-0.1, -0.05) is 6.07 Å². The Kier molecular flexibility index (Phi) is 4.92. The zero-order valence-corrected chi connectivity index (χ0v) is 16.3. The first kappa shape index (κ1) is 18.7. The number of hydrogen-bond acceptors (Lipinski definition) is 6. The number of nitrogens with zero attached hydrogens (tertiary/aromatic N) is 3. The van der Waals surface area contributed by atoms with Crippen LogP contribution in [-0.2, 0) is 16.6 Å². The minimum absolute atomic E-state index is 0.203. The Morgan fingerprint density at radius 2 is 1.82 bits per heavy atom. The van der Waals surface area contributed by atoms with Gasteiger partial charge < -0.3 is 20.2 Å². The summed E-state index contributed by atoms with van der Waals surface area (Å²) in [5, 5.41) is 3.17. The fourth-order valence-corrected chi connectivity index (χ4v) is 4.57. The molecule has 0 saturated carbocycles. The largest absolute Gasteiger partial charge is 0.366 e. The number of aromatic amines is 2. The molecule has 1 fully saturated rings. The Morgan fingerprint density at radius 3 is 2.54 bits per heavy atom. The molecular formula is C18H22N6O3S. The molecule has 3 aromatic rings. The van der Waals surface area contributed by atoms with Gasteiger partial charge in [-0.2, -0.15) is 4.31 Å². The lowest BCUT2D eigenvalue weighted by Crippen LogP contribution is -2.47. The van der Waals surface area contributed by atoms with E-state index in [-0.39, 0.29) is 10.6 Å². The molecule has 0 spiro atoms. The van der Waals surface area contributed by atoms with E-state index in [1.54, 1.807) is 12.1 Å². The van der Waals surface area contributed by atoms with E-state index < -0.39 is 10.0 Å². The first-order chi connectivity index (χ1) is 13.4. The molecule has 0 radical (unpaired) electrons. The van der Waals surface area contributed by atoms with Crippen LogP contribution in [0.1, 0.15) is 5.56 Å². The Bertz CT molecular complexity index is 1130. The predicted molar refractivity (Wildman–Crippen MR) is 107 cm³/mol. The van der Waals surface area contributed by atoms with E-state index in [0.717, 1.165) is 29.7 Å². The number of pyridine rings is 1. The highest BCUT2D eigenvalue weighted by atomic mass is 32.2. The molecule has 9 nitrogen and oxygen atoms in total. The number of piperazine rings is 1. The van der Waals surface area contributed by atoms with Crippen LogP contribution in [0.5, 0.6) is 0 Å². The summed E-state index contributed by atoms with van der Waals surface area (Å²) >= 11 is 0. The minimum Gasteiger partial charge on any atom is -0.366 e. The molecule has 0 bridgehead atoms. The third kappa shape index (κ3) is 3.79. The molecule has 10 heteroatoms. The van der Waals surface area contributed by atoms with Crippen molar-refractivity contribution in [2.75, 3.05) is 38.5 Å². The number of sulfonamides is 1. The van der Waals surface area contributed by atoms with Gasteiger partial charge in [-0.3, -0.25) is 0 Å². The summed E-state index contributed by atoms with van der Waals surface area (Å²) in [6.07, 6.45) is 1.39. The lowest BCUT2D eigenvalue weighted by Gasteiger charge is -2.31. The van der Waals surface area contributed by atoms with Gasteiger partial charge in [0, 0.05) is 38.9 Å². The number of benzene rings is 1. The average molecular weight is 402 g/mol. The Hall–Kier alpha value is -2.69. The summed E-state index contributed by atoms with van der Waals surface area (Å²) in [6.45, 7) is 2.93. The number of imidazole rings is 1. The van der Waals surface area contributed by atoms with Crippen molar-refractivity contribution in [2.45, 2.75) is 11.4 Å². The predicted octanol–water partition coefficient (Wildman–Crippen LogP) is 0.799. The summed E-state index contributed by atoms with van der Waals surface area (Å²) in [5.41, 5.74) is 2.23. The molecular weight excluding hydrogens is 380 g/mol. The van der Waals surface area contributed by atoms with Gasteiger partial charge in [-0.15, -0.1) is 0 Å². The van der Waals surface area contributed by atoms with Gasteiger partial charge >= 0.3 is 5.69 Å². The third-order valence-corrected chi connectivity index (χ3v) is 6.77. The van der Waals surface area contributed by atoms with Gasteiger partial charge in [-0.25, -0.2) is 18.2 Å². The molecule has 0 unspecified atom stereocenters. The number of aromatic nitrogens is 3. The molecule has 3 heterocycles. The van der Waals surface area contributed by atoms with Crippen molar-refractivity contribution in [3.63, 3.8) is 0 Å². The molecule has 0 atom stereocenters. The first-order valence-corrected chi connectivity index (χ1v) is 10.5. The Labute approximate surface area is 162 Å². The van der Waals surface area contributed by atoms with E-state index in [1.807, 2.05) is 25.2 Å². The van der Waals surface area contributed by atoms with Crippen LogP contribution in [0.3, 0.4) is 0 Å². The minimum atomic E-state index is -3.51. The number of rotatable bonds is 5. The van der Waals surface area contributed by atoms with Gasteiger partial charge in [-0.05, 0) is 36.9 Å². The van der Waals surface area contributed by atoms with Crippen molar-refractivity contribution in [3.05, 3.63) is 52.6 Å². The SMILES string of the molecule is CN1CCN(S(=O)(=O)c2ccc(NCc3ccc4[nH]c(=O)[nH]c4c3)nc2)CC1. The molecule has 1 aromatic carbocycles. The van der Waals surface area contributed by atoms with Gasteiger partial charge in [0.2, 0.25) is 10.0 Å². The van der Waals surface area contributed by atoms with Crippen LogP contribution in [0.2, 0.25) is 0 Å². The van der Waals surface area contributed by atoms with E-state index in [9.17, 15) is 13.2 Å².